The third-order valence-corrected chi connectivity index (χ3v) is 3.57. The Balaban J connectivity index is 1.79. The van der Waals surface area contributed by atoms with Crippen LogP contribution in [0.25, 0.3) is 11.4 Å². The maximum atomic E-state index is 5.81. The fourth-order valence-electron chi connectivity index (χ4n) is 2.22. The third-order valence-electron chi connectivity index (χ3n) is 3.57. The lowest BCUT2D eigenvalue weighted by atomic mass is 10.2. The Morgan fingerprint density at radius 1 is 1.19 bits per heavy atom. The smallest absolute Gasteiger partial charge is 0.219 e. The first-order chi connectivity index (χ1) is 10.3. The molecule has 0 bridgehead atoms. The molecule has 4 heteroatoms. The largest absolute Gasteiger partial charge is 0.478 e. The Morgan fingerprint density at radius 3 is 2.71 bits per heavy atom. The first-order valence-corrected chi connectivity index (χ1v) is 7.66. The summed E-state index contributed by atoms with van der Waals surface area (Å²) in [6.45, 7) is 3.62. The lowest BCUT2D eigenvalue weighted by molar-refractivity contribution is 0.291. The number of hydrogen-bond donors (Lipinski definition) is 1. The van der Waals surface area contributed by atoms with E-state index in [1.807, 2.05) is 36.4 Å². The number of nitrogens with zero attached hydrogens (tertiary/aromatic N) is 2. The summed E-state index contributed by atoms with van der Waals surface area (Å²) in [5.41, 5.74) is 1.00. The molecular formula is C17H21N3O. The highest BCUT2D eigenvalue weighted by Crippen LogP contribution is 2.32. The summed E-state index contributed by atoms with van der Waals surface area (Å²) in [5.74, 6) is 3.04. The maximum absolute atomic E-state index is 5.81. The van der Waals surface area contributed by atoms with Gasteiger partial charge < -0.3 is 10.1 Å². The van der Waals surface area contributed by atoms with E-state index in [1.54, 1.807) is 0 Å². The van der Waals surface area contributed by atoms with Gasteiger partial charge in [0.15, 0.2) is 5.82 Å². The Morgan fingerprint density at radius 2 is 2.00 bits per heavy atom. The second-order valence-corrected chi connectivity index (χ2v) is 5.39. The van der Waals surface area contributed by atoms with Gasteiger partial charge >= 0.3 is 0 Å². The quantitative estimate of drug-likeness (QED) is 0.840. The SMILES string of the molecule is CCNc1cc(OCCC2CC2)nc(-c2ccccc2)n1. The van der Waals surface area contributed by atoms with Crippen molar-refractivity contribution in [3.63, 3.8) is 0 Å². The van der Waals surface area contributed by atoms with Gasteiger partial charge in [0.25, 0.3) is 0 Å². The highest BCUT2D eigenvalue weighted by atomic mass is 16.5. The molecule has 0 radical (unpaired) electrons. The number of hydrogen-bond acceptors (Lipinski definition) is 4. The molecule has 1 heterocycles. The van der Waals surface area contributed by atoms with Crippen LogP contribution in [0.15, 0.2) is 36.4 Å². The molecule has 0 aliphatic heterocycles. The van der Waals surface area contributed by atoms with Crippen molar-refractivity contribution >= 4 is 5.82 Å². The minimum atomic E-state index is 0.653. The lowest BCUT2D eigenvalue weighted by Crippen LogP contribution is -2.05. The van der Waals surface area contributed by atoms with Crippen molar-refractivity contribution in [2.75, 3.05) is 18.5 Å². The predicted molar refractivity (Wildman–Crippen MR) is 84.5 cm³/mol. The van der Waals surface area contributed by atoms with E-state index in [1.165, 1.54) is 12.8 Å². The van der Waals surface area contributed by atoms with Crippen molar-refractivity contribution in [1.29, 1.82) is 0 Å². The van der Waals surface area contributed by atoms with E-state index < -0.39 is 0 Å². The molecule has 4 nitrogen and oxygen atoms in total. The number of rotatable bonds is 7. The van der Waals surface area contributed by atoms with Gasteiger partial charge in [-0.1, -0.05) is 43.2 Å². The zero-order chi connectivity index (χ0) is 14.5. The summed E-state index contributed by atoms with van der Waals surface area (Å²) < 4.78 is 5.81. The second-order valence-electron chi connectivity index (χ2n) is 5.39. The standard InChI is InChI=1S/C17H21N3O/c1-2-18-15-12-16(21-11-10-13-8-9-13)20-17(19-15)14-6-4-3-5-7-14/h3-7,12-13H,2,8-11H2,1H3,(H,18,19,20). The average Bonchev–Trinajstić information content (AvgIpc) is 3.33. The maximum Gasteiger partial charge on any atom is 0.219 e. The van der Waals surface area contributed by atoms with Crippen LogP contribution in [0.4, 0.5) is 5.82 Å². The van der Waals surface area contributed by atoms with Crippen LogP contribution in [-0.2, 0) is 0 Å². The van der Waals surface area contributed by atoms with Crippen LogP contribution in [-0.4, -0.2) is 23.1 Å². The van der Waals surface area contributed by atoms with Gasteiger partial charge in [-0.3, -0.25) is 0 Å². The summed E-state index contributed by atoms with van der Waals surface area (Å²) in [5, 5.41) is 3.24. The summed E-state index contributed by atoms with van der Waals surface area (Å²) in [6.07, 6.45) is 3.83. The van der Waals surface area contributed by atoms with Crippen molar-refractivity contribution in [1.82, 2.24) is 9.97 Å². The zero-order valence-corrected chi connectivity index (χ0v) is 12.4. The molecule has 1 aliphatic rings. The average molecular weight is 283 g/mol. The van der Waals surface area contributed by atoms with E-state index in [0.29, 0.717) is 11.7 Å². The van der Waals surface area contributed by atoms with E-state index in [9.17, 15) is 0 Å². The third kappa shape index (κ3) is 3.94. The fourth-order valence-corrected chi connectivity index (χ4v) is 2.22. The molecule has 1 aromatic heterocycles. The van der Waals surface area contributed by atoms with Crippen LogP contribution in [0.2, 0.25) is 0 Å². The molecule has 110 valence electrons. The molecule has 0 unspecified atom stereocenters. The number of anilines is 1. The van der Waals surface area contributed by atoms with Gasteiger partial charge in [0.1, 0.15) is 5.82 Å². The summed E-state index contributed by atoms with van der Waals surface area (Å²) in [7, 11) is 0. The van der Waals surface area contributed by atoms with Crippen LogP contribution in [0, 0.1) is 5.92 Å². The topological polar surface area (TPSA) is 47.0 Å². The van der Waals surface area contributed by atoms with Gasteiger partial charge in [-0.05, 0) is 19.3 Å². The van der Waals surface area contributed by atoms with Gasteiger partial charge in [-0.25, -0.2) is 4.98 Å². The zero-order valence-electron chi connectivity index (χ0n) is 12.4. The first-order valence-electron chi connectivity index (χ1n) is 7.66. The number of aromatic nitrogens is 2. The molecule has 3 rings (SSSR count). The number of nitrogens with one attached hydrogen (secondary N) is 1. The Labute approximate surface area is 125 Å². The minimum Gasteiger partial charge on any atom is -0.478 e. The second kappa shape index (κ2) is 6.57. The van der Waals surface area contributed by atoms with E-state index in [0.717, 1.165) is 36.9 Å². The highest BCUT2D eigenvalue weighted by Gasteiger charge is 2.20. The molecule has 0 atom stereocenters. The van der Waals surface area contributed by atoms with Gasteiger partial charge in [0.2, 0.25) is 5.88 Å². The Hall–Kier alpha value is -2.10. The molecule has 1 aromatic carbocycles. The number of benzene rings is 1. The van der Waals surface area contributed by atoms with Gasteiger partial charge in [0, 0.05) is 18.2 Å². The molecule has 2 aromatic rings. The first kappa shape index (κ1) is 13.9. The minimum absolute atomic E-state index is 0.653. The van der Waals surface area contributed by atoms with Crippen LogP contribution in [0.5, 0.6) is 5.88 Å². The normalized spacial score (nSPS) is 14.0. The Kier molecular flexibility index (Phi) is 4.34. The van der Waals surface area contributed by atoms with E-state index in [4.69, 9.17) is 4.74 Å². The van der Waals surface area contributed by atoms with Crippen LogP contribution < -0.4 is 10.1 Å². The predicted octanol–water partition coefficient (Wildman–Crippen LogP) is 3.75. The van der Waals surface area contributed by atoms with Crippen molar-refractivity contribution in [3.8, 4) is 17.3 Å². The summed E-state index contributed by atoms with van der Waals surface area (Å²) >= 11 is 0. The van der Waals surface area contributed by atoms with Crippen LogP contribution in [0.3, 0.4) is 0 Å². The molecule has 0 saturated heterocycles. The monoisotopic (exact) mass is 283 g/mol. The lowest BCUT2D eigenvalue weighted by Gasteiger charge is -2.10. The summed E-state index contributed by atoms with van der Waals surface area (Å²) in [4.78, 5) is 9.08. The van der Waals surface area contributed by atoms with E-state index in [-0.39, 0.29) is 0 Å². The van der Waals surface area contributed by atoms with E-state index >= 15 is 0 Å². The molecule has 0 amide bonds. The van der Waals surface area contributed by atoms with Crippen molar-refractivity contribution < 1.29 is 4.74 Å². The van der Waals surface area contributed by atoms with Crippen molar-refractivity contribution in [2.24, 2.45) is 5.92 Å². The fraction of sp³-hybridized carbons (Fsp3) is 0.412. The van der Waals surface area contributed by atoms with Crippen molar-refractivity contribution in [3.05, 3.63) is 36.4 Å². The molecule has 21 heavy (non-hydrogen) atoms. The summed E-state index contributed by atoms with van der Waals surface area (Å²) in [6, 6.07) is 11.9. The highest BCUT2D eigenvalue weighted by molar-refractivity contribution is 5.58. The molecule has 0 spiro atoms. The molecule has 1 fully saturated rings. The van der Waals surface area contributed by atoms with Gasteiger partial charge in [0.05, 0.1) is 6.61 Å². The molecule has 1 N–H and O–H groups in total. The van der Waals surface area contributed by atoms with Gasteiger partial charge in [-0.2, -0.15) is 4.98 Å². The van der Waals surface area contributed by atoms with Crippen molar-refractivity contribution in [2.45, 2.75) is 26.2 Å². The van der Waals surface area contributed by atoms with E-state index in [2.05, 4.69) is 22.2 Å². The van der Waals surface area contributed by atoms with Crippen LogP contribution in [0.1, 0.15) is 26.2 Å². The van der Waals surface area contributed by atoms with Crippen LogP contribution >= 0.6 is 0 Å². The molecular weight excluding hydrogens is 262 g/mol. The number of ether oxygens (including phenoxy) is 1. The molecule has 1 saturated carbocycles. The molecule has 1 aliphatic carbocycles. The van der Waals surface area contributed by atoms with Gasteiger partial charge in [-0.15, -0.1) is 0 Å². The Bertz CT molecular complexity index is 582.